The van der Waals surface area contributed by atoms with E-state index >= 15 is 0 Å². The van der Waals surface area contributed by atoms with Gasteiger partial charge in [-0.1, -0.05) is 50.2 Å². The molecule has 0 aliphatic heterocycles. The lowest BCUT2D eigenvalue weighted by Gasteiger charge is -2.06. The van der Waals surface area contributed by atoms with Crippen LogP contribution in [0.1, 0.15) is 47.2 Å². The van der Waals surface area contributed by atoms with Crippen LogP contribution in [-0.4, -0.2) is 0 Å². The largest absolute Gasteiger partial charge is 0.0620 e. The van der Waals surface area contributed by atoms with Gasteiger partial charge in [-0.2, -0.15) is 0 Å². The van der Waals surface area contributed by atoms with Crippen molar-refractivity contribution in [2.75, 3.05) is 0 Å². The van der Waals surface area contributed by atoms with Gasteiger partial charge < -0.3 is 0 Å². The molecule has 0 N–H and O–H groups in total. The lowest BCUT2D eigenvalue weighted by molar-refractivity contribution is 1.04. The van der Waals surface area contributed by atoms with Crippen LogP contribution >= 0.6 is 0 Å². The Balaban J connectivity index is 0.000000200. The Morgan fingerprint density at radius 3 is 1.25 bits per heavy atom. The van der Waals surface area contributed by atoms with E-state index < -0.39 is 0 Å². The first-order chi connectivity index (χ1) is 9.51. The van der Waals surface area contributed by atoms with Crippen LogP contribution in [0, 0.1) is 27.7 Å². The van der Waals surface area contributed by atoms with Gasteiger partial charge in [-0.25, -0.2) is 0 Å². The van der Waals surface area contributed by atoms with Crippen molar-refractivity contribution < 1.29 is 0 Å². The average molecular weight is 268 g/mol. The first-order valence-electron chi connectivity index (χ1n) is 7.61. The van der Waals surface area contributed by atoms with Crippen molar-refractivity contribution in [1.82, 2.24) is 0 Å². The summed E-state index contributed by atoms with van der Waals surface area (Å²) in [7, 11) is 0. The maximum atomic E-state index is 2.21. The number of benzene rings is 2. The molecule has 0 aliphatic rings. The summed E-state index contributed by atoms with van der Waals surface area (Å²) >= 11 is 0. The summed E-state index contributed by atoms with van der Waals surface area (Å²) in [5.74, 6) is 0. The van der Waals surface area contributed by atoms with Crippen molar-refractivity contribution in [1.29, 1.82) is 0 Å². The normalized spacial score (nSPS) is 9.90. The molecule has 0 spiro atoms. The molecule has 0 saturated heterocycles. The fraction of sp³-hybridized carbons (Fsp3) is 0.400. The van der Waals surface area contributed by atoms with Crippen molar-refractivity contribution in [3.05, 3.63) is 69.8 Å². The maximum Gasteiger partial charge on any atom is -0.0305 e. The molecular weight excluding hydrogens is 240 g/mol. The van der Waals surface area contributed by atoms with E-state index in [9.17, 15) is 0 Å². The Bertz CT molecular complexity index is 500. The van der Waals surface area contributed by atoms with Gasteiger partial charge in [0.05, 0.1) is 0 Å². The molecule has 108 valence electrons. The van der Waals surface area contributed by atoms with Crippen molar-refractivity contribution >= 4 is 0 Å². The Morgan fingerprint density at radius 1 is 0.600 bits per heavy atom. The summed E-state index contributed by atoms with van der Waals surface area (Å²) in [6.07, 6.45) is 2.31. The minimum absolute atomic E-state index is 1.16. The van der Waals surface area contributed by atoms with Crippen LogP contribution in [0.3, 0.4) is 0 Å². The summed E-state index contributed by atoms with van der Waals surface area (Å²) < 4.78 is 0. The van der Waals surface area contributed by atoms with Gasteiger partial charge in [-0.3, -0.25) is 0 Å². The fourth-order valence-corrected chi connectivity index (χ4v) is 2.34. The second kappa shape index (κ2) is 7.89. The van der Waals surface area contributed by atoms with E-state index in [1.165, 1.54) is 33.4 Å². The Hall–Kier alpha value is -1.56. The summed E-state index contributed by atoms with van der Waals surface area (Å²) in [4.78, 5) is 0. The van der Waals surface area contributed by atoms with Crippen molar-refractivity contribution in [2.24, 2.45) is 0 Å². The van der Waals surface area contributed by atoms with E-state index in [-0.39, 0.29) is 0 Å². The number of hydrogen-bond acceptors (Lipinski definition) is 0. The zero-order valence-electron chi connectivity index (χ0n) is 13.9. The molecule has 20 heavy (non-hydrogen) atoms. The highest BCUT2D eigenvalue weighted by Gasteiger charge is 1.97. The lowest BCUT2D eigenvalue weighted by atomic mass is 10.0. The van der Waals surface area contributed by atoms with Gasteiger partial charge in [-0.15, -0.1) is 0 Å². The van der Waals surface area contributed by atoms with Crippen LogP contribution < -0.4 is 0 Å². The van der Waals surface area contributed by atoms with Gasteiger partial charge in [0.1, 0.15) is 0 Å². The second-order valence-electron chi connectivity index (χ2n) is 5.43. The van der Waals surface area contributed by atoms with E-state index in [0.717, 1.165) is 12.8 Å². The molecule has 0 amide bonds. The third-order valence-corrected chi connectivity index (χ3v) is 4.21. The van der Waals surface area contributed by atoms with Crippen LogP contribution in [0.5, 0.6) is 0 Å². The number of rotatable bonds is 2. The van der Waals surface area contributed by atoms with Crippen LogP contribution in [-0.2, 0) is 12.8 Å². The monoisotopic (exact) mass is 268 g/mol. The molecule has 0 radical (unpaired) electrons. The van der Waals surface area contributed by atoms with E-state index in [1.807, 2.05) is 0 Å². The molecule has 0 aliphatic carbocycles. The van der Waals surface area contributed by atoms with Crippen LogP contribution in [0.15, 0.2) is 36.4 Å². The topological polar surface area (TPSA) is 0 Å². The van der Waals surface area contributed by atoms with Gasteiger partial charge >= 0.3 is 0 Å². The summed E-state index contributed by atoms with van der Waals surface area (Å²) in [6.45, 7) is 13.1. The molecule has 0 aromatic heterocycles. The number of hydrogen-bond donors (Lipinski definition) is 0. The first kappa shape index (κ1) is 16.5. The third-order valence-electron chi connectivity index (χ3n) is 4.21. The Morgan fingerprint density at radius 2 is 0.950 bits per heavy atom. The lowest BCUT2D eigenvalue weighted by Crippen LogP contribution is -1.88. The molecule has 0 unspecified atom stereocenters. The summed E-state index contributed by atoms with van der Waals surface area (Å²) in [5.41, 5.74) is 8.63. The zero-order chi connectivity index (χ0) is 15.1. The van der Waals surface area contributed by atoms with E-state index in [2.05, 4.69) is 77.9 Å². The van der Waals surface area contributed by atoms with Crippen LogP contribution in [0.2, 0.25) is 0 Å². The predicted octanol–water partition coefficient (Wildman–Crippen LogP) is 5.73. The molecule has 2 aromatic rings. The fourth-order valence-electron chi connectivity index (χ4n) is 2.34. The average Bonchev–Trinajstić information content (AvgIpc) is 2.49. The quantitative estimate of drug-likeness (QED) is 0.652. The zero-order valence-corrected chi connectivity index (χ0v) is 13.9. The molecule has 0 nitrogen and oxygen atoms in total. The molecular formula is C20H28. The van der Waals surface area contributed by atoms with Crippen LogP contribution in [0.4, 0.5) is 0 Å². The standard InChI is InChI=1S/2C10H14/c1-7-5-6-8(2)10(4)9(7)3;1-3-9-7-5-6-8-10(9)4-2/h5-6H,1-4H3;5-8H,3-4H2,1-2H3. The second-order valence-corrected chi connectivity index (χ2v) is 5.43. The van der Waals surface area contributed by atoms with Gasteiger partial charge in [-0.05, 0) is 73.9 Å². The molecule has 0 bridgehead atoms. The predicted molar refractivity (Wildman–Crippen MR) is 90.6 cm³/mol. The summed E-state index contributed by atoms with van der Waals surface area (Å²) in [5, 5.41) is 0. The molecule has 0 heterocycles. The molecule has 0 heteroatoms. The van der Waals surface area contributed by atoms with Gasteiger partial charge in [0.2, 0.25) is 0 Å². The van der Waals surface area contributed by atoms with E-state index in [4.69, 9.17) is 0 Å². The highest BCUT2D eigenvalue weighted by Crippen LogP contribution is 2.15. The van der Waals surface area contributed by atoms with E-state index in [1.54, 1.807) is 0 Å². The molecule has 2 rings (SSSR count). The Kier molecular flexibility index (Phi) is 6.51. The van der Waals surface area contributed by atoms with E-state index in [0.29, 0.717) is 0 Å². The van der Waals surface area contributed by atoms with Gasteiger partial charge in [0.15, 0.2) is 0 Å². The maximum absolute atomic E-state index is 2.21. The highest BCUT2D eigenvalue weighted by molar-refractivity contribution is 5.37. The van der Waals surface area contributed by atoms with Crippen molar-refractivity contribution in [3.8, 4) is 0 Å². The minimum atomic E-state index is 1.16. The molecule has 0 fully saturated rings. The molecule has 2 aromatic carbocycles. The Labute approximate surface area is 124 Å². The van der Waals surface area contributed by atoms with Gasteiger partial charge in [0.25, 0.3) is 0 Å². The SMILES string of the molecule is CCc1ccccc1CC.Cc1ccc(C)c(C)c1C. The van der Waals surface area contributed by atoms with Gasteiger partial charge in [0, 0.05) is 0 Å². The summed E-state index contributed by atoms with van der Waals surface area (Å²) in [6, 6.07) is 13.0. The number of aryl methyl sites for hydroxylation is 4. The van der Waals surface area contributed by atoms with Crippen molar-refractivity contribution in [2.45, 2.75) is 54.4 Å². The molecule has 0 saturated carbocycles. The first-order valence-corrected chi connectivity index (χ1v) is 7.61. The highest BCUT2D eigenvalue weighted by atomic mass is 14.0. The minimum Gasteiger partial charge on any atom is -0.0620 e. The van der Waals surface area contributed by atoms with Crippen molar-refractivity contribution in [3.63, 3.8) is 0 Å². The smallest absolute Gasteiger partial charge is 0.0305 e. The van der Waals surface area contributed by atoms with Crippen LogP contribution in [0.25, 0.3) is 0 Å². The third kappa shape index (κ3) is 4.23. The molecule has 0 atom stereocenters.